The molecule has 1 aliphatic heterocycles. The fraction of sp³-hybridized carbons (Fsp3) is 0.846. The third kappa shape index (κ3) is 4.09. The van der Waals surface area contributed by atoms with Gasteiger partial charge in [0.1, 0.15) is 0 Å². The van der Waals surface area contributed by atoms with Crippen LogP contribution in [0.4, 0.5) is 4.79 Å². The molecule has 0 spiro atoms. The van der Waals surface area contributed by atoms with Gasteiger partial charge in [-0.1, -0.05) is 19.3 Å². The maximum Gasteiger partial charge on any atom is 0.315 e. The van der Waals surface area contributed by atoms with Crippen molar-refractivity contribution >= 4 is 12.0 Å². The van der Waals surface area contributed by atoms with E-state index in [-0.39, 0.29) is 18.1 Å². The molecule has 0 radical (unpaired) electrons. The number of carboxylic acids is 1. The van der Waals surface area contributed by atoms with E-state index in [1.165, 1.54) is 0 Å². The lowest BCUT2D eigenvalue weighted by atomic mass is 9.95. The van der Waals surface area contributed by atoms with E-state index in [1.54, 1.807) is 0 Å². The highest BCUT2D eigenvalue weighted by molar-refractivity contribution is 5.77. The molecule has 2 aliphatic rings. The fourth-order valence-electron chi connectivity index (χ4n) is 2.82. The van der Waals surface area contributed by atoms with Gasteiger partial charge in [0.2, 0.25) is 0 Å². The molecule has 6 heteroatoms. The van der Waals surface area contributed by atoms with E-state index in [1.807, 2.05) is 0 Å². The standard InChI is InChI=1S/C13H22N2O4/c16-12(17)10-4-2-1-3-5-11(10)15-13(18)14-9-6-7-19-8-9/h9-11H,1-8H2,(H,16,17)(H2,14,15,18). The molecule has 1 heterocycles. The normalized spacial score (nSPS) is 31.5. The Morgan fingerprint density at radius 1 is 1.05 bits per heavy atom. The number of ether oxygens (including phenoxy) is 1. The first-order valence-corrected chi connectivity index (χ1v) is 7.04. The van der Waals surface area contributed by atoms with Crippen molar-refractivity contribution < 1.29 is 19.4 Å². The highest BCUT2D eigenvalue weighted by Crippen LogP contribution is 2.23. The lowest BCUT2D eigenvalue weighted by molar-refractivity contribution is -0.142. The van der Waals surface area contributed by atoms with E-state index in [9.17, 15) is 14.7 Å². The minimum atomic E-state index is -0.809. The van der Waals surface area contributed by atoms with E-state index in [4.69, 9.17) is 4.74 Å². The summed E-state index contributed by atoms with van der Waals surface area (Å²) in [5, 5.41) is 14.9. The fourth-order valence-corrected chi connectivity index (χ4v) is 2.82. The molecule has 1 aliphatic carbocycles. The number of nitrogens with one attached hydrogen (secondary N) is 2. The van der Waals surface area contributed by atoms with Gasteiger partial charge in [-0.3, -0.25) is 4.79 Å². The lowest BCUT2D eigenvalue weighted by Crippen LogP contribution is -2.50. The Balaban J connectivity index is 1.86. The first-order chi connectivity index (χ1) is 9.16. The molecule has 0 bridgehead atoms. The quantitative estimate of drug-likeness (QED) is 0.670. The Bertz CT molecular complexity index is 329. The molecule has 1 saturated carbocycles. The monoisotopic (exact) mass is 270 g/mol. The van der Waals surface area contributed by atoms with Crippen LogP contribution in [0.25, 0.3) is 0 Å². The Labute approximate surface area is 112 Å². The van der Waals surface area contributed by atoms with Gasteiger partial charge in [-0.05, 0) is 19.3 Å². The summed E-state index contributed by atoms with van der Waals surface area (Å²) in [6.45, 7) is 1.21. The zero-order chi connectivity index (χ0) is 13.7. The second kappa shape index (κ2) is 6.75. The second-order valence-electron chi connectivity index (χ2n) is 5.37. The van der Waals surface area contributed by atoms with Crippen LogP contribution in [0.5, 0.6) is 0 Å². The molecular formula is C13H22N2O4. The van der Waals surface area contributed by atoms with Crippen LogP contribution in [0.2, 0.25) is 0 Å². The molecule has 3 N–H and O–H groups in total. The zero-order valence-corrected chi connectivity index (χ0v) is 11.1. The van der Waals surface area contributed by atoms with Gasteiger partial charge in [-0.25, -0.2) is 4.79 Å². The predicted octanol–water partition coefficient (Wildman–Crippen LogP) is 1.11. The van der Waals surface area contributed by atoms with E-state index in [0.29, 0.717) is 19.6 Å². The molecular weight excluding hydrogens is 248 g/mol. The van der Waals surface area contributed by atoms with Gasteiger partial charge >= 0.3 is 12.0 Å². The molecule has 3 atom stereocenters. The maximum atomic E-state index is 11.9. The summed E-state index contributed by atoms with van der Waals surface area (Å²) in [5.41, 5.74) is 0. The summed E-state index contributed by atoms with van der Waals surface area (Å²) in [6.07, 6.45) is 5.15. The van der Waals surface area contributed by atoms with Crippen LogP contribution in [0.3, 0.4) is 0 Å². The van der Waals surface area contributed by atoms with Crippen molar-refractivity contribution in [2.45, 2.75) is 50.6 Å². The average molecular weight is 270 g/mol. The van der Waals surface area contributed by atoms with Crippen LogP contribution in [-0.2, 0) is 9.53 Å². The summed E-state index contributed by atoms with van der Waals surface area (Å²) < 4.78 is 5.19. The van der Waals surface area contributed by atoms with Gasteiger partial charge in [0.15, 0.2) is 0 Å². The molecule has 2 amide bonds. The van der Waals surface area contributed by atoms with Crippen molar-refractivity contribution in [3.8, 4) is 0 Å². The summed E-state index contributed by atoms with van der Waals surface area (Å²) >= 11 is 0. The zero-order valence-electron chi connectivity index (χ0n) is 11.1. The van der Waals surface area contributed by atoms with E-state index < -0.39 is 11.9 Å². The minimum Gasteiger partial charge on any atom is -0.481 e. The largest absolute Gasteiger partial charge is 0.481 e. The van der Waals surface area contributed by atoms with Crippen molar-refractivity contribution in [3.05, 3.63) is 0 Å². The molecule has 3 unspecified atom stereocenters. The summed E-state index contributed by atoms with van der Waals surface area (Å²) in [4.78, 5) is 23.1. The van der Waals surface area contributed by atoms with Crippen LogP contribution >= 0.6 is 0 Å². The van der Waals surface area contributed by atoms with Gasteiger partial charge in [-0.15, -0.1) is 0 Å². The number of hydrogen-bond acceptors (Lipinski definition) is 3. The average Bonchev–Trinajstić information content (AvgIpc) is 2.73. The van der Waals surface area contributed by atoms with Crippen LogP contribution in [0.15, 0.2) is 0 Å². The maximum absolute atomic E-state index is 11.9. The molecule has 2 fully saturated rings. The van der Waals surface area contributed by atoms with Gasteiger partial charge in [0.25, 0.3) is 0 Å². The number of hydrogen-bond donors (Lipinski definition) is 3. The molecule has 2 rings (SSSR count). The SMILES string of the molecule is O=C(NC1CCOC1)NC1CCCCCC1C(=O)O. The van der Waals surface area contributed by atoms with Gasteiger partial charge < -0.3 is 20.5 Å². The molecule has 19 heavy (non-hydrogen) atoms. The highest BCUT2D eigenvalue weighted by Gasteiger charge is 2.31. The van der Waals surface area contributed by atoms with Gasteiger partial charge in [0, 0.05) is 12.6 Å². The number of carbonyl (C=O) groups excluding carboxylic acids is 1. The van der Waals surface area contributed by atoms with Crippen LogP contribution in [-0.4, -0.2) is 42.4 Å². The van der Waals surface area contributed by atoms with Crippen LogP contribution in [0, 0.1) is 5.92 Å². The smallest absolute Gasteiger partial charge is 0.315 e. The Kier molecular flexibility index (Phi) is 5.01. The molecule has 1 saturated heterocycles. The van der Waals surface area contributed by atoms with Gasteiger partial charge in [0.05, 0.1) is 18.6 Å². The lowest BCUT2D eigenvalue weighted by Gasteiger charge is -2.23. The molecule has 6 nitrogen and oxygen atoms in total. The predicted molar refractivity (Wildman–Crippen MR) is 68.9 cm³/mol. The first kappa shape index (κ1) is 14.1. The summed E-state index contributed by atoms with van der Waals surface area (Å²) in [5.74, 6) is -1.27. The summed E-state index contributed by atoms with van der Waals surface area (Å²) in [7, 11) is 0. The van der Waals surface area contributed by atoms with E-state index in [2.05, 4.69) is 10.6 Å². The van der Waals surface area contributed by atoms with Gasteiger partial charge in [-0.2, -0.15) is 0 Å². The number of amides is 2. The second-order valence-corrected chi connectivity index (χ2v) is 5.37. The minimum absolute atomic E-state index is 0.0501. The Morgan fingerprint density at radius 3 is 2.53 bits per heavy atom. The molecule has 0 aromatic rings. The molecule has 108 valence electrons. The van der Waals surface area contributed by atoms with Crippen molar-refractivity contribution in [2.75, 3.05) is 13.2 Å². The summed E-state index contributed by atoms with van der Waals surface area (Å²) in [6, 6.07) is -0.481. The number of carbonyl (C=O) groups is 2. The van der Waals surface area contributed by atoms with Crippen molar-refractivity contribution in [3.63, 3.8) is 0 Å². The van der Waals surface area contributed by atoms with E-state index in [0.717, 1.165) is 32.1 Å². The molecule has 0 aromatic carbocycles. The van der Waals surface area contributed by atoms with E-state index >= 15 is 0 Å². The number of rotatable bonds is 3. The highest BCUT2D eigenvalue weighted by atomic mass is 16.5. The van der Waals surface area contributed by atoms with Crippen molar-refractivity contribution in [2.24, 2.45) is 5.92 Å². The number of urea groups is 1. The Hall–Kier alpha value is -1.30. The Morgan fingerprint density at radius 2 is 1.84 bits per heavy atom. The van der Waals surface area contributed by atoms with Crippen LogP contribution in [0.1, 0.15) is 38.5 Å². The third-order valence-electron chi connectivity index (χ3n) is 3.91. The third-order valence-corrected chi connectivity index (χ3v) is 3.91. The van der Waals surface area contributed by atoms with Crippen molar-refractivity contribution in [1.82, 2.24) is 10.6 Å². The number of carboxylic acid groups (broad SMARTS) is 1. The topological polar surface area (TPSA) is 87.7 Å². The van der Waals surface area contributed by atoms with Crippen LogP contribution < -0.4 is 10.6 Å². The number of aliphatic carboxylic acids is 1. The van der Waals surface area contributed by atoms with Crippen molar-refractivity contribution in [1.29, 1.82) is 0 Å². The molecule has 0 aromatic heterocycles. The first-order valence-electron chi connectivity index (χ1n) is 7.04.